The fourth-order valence-corrected chi connectivity index (χ4v) is 1.85. The van der Waals surface area contributed by atoms with Crippen LogP contribution in [-0.2, 0) is 11.2 Å². The molecule has 0 amide bonds. The molecule has 0 N–H and O–H groups in total. The average Bonchev–Trinajstić information content (AvgIpc) is 2.66. The van der Waals surface area contributed by atoms with Crippen molar-refractivity contribution in [2.24, 2.45) is 0 Å². The maximum atomic E-state index is 10.9. The maximum absolute atomic E-state index is 10.9. The Morgan fingerprint density at radius 1 is 1.19 bits per heavy atom. The number of rotatable bonds is 3. The van der Waals surface area contributed by atoms with Gasteiger partial charge in [-0.1, -0.05) is 12.1 Å². The zero-order valence-corrected chi connectivity index (χ0v) is 11.0. The molecule has 0 aliphatic heterocycles. The van der Waals surface area contributed by atoms with Gasteiger partial charge >= 0.3 is 0 Å². The standard InChI is InChI=1S/C13H11IO2/c1-9(15)8-12-6-7-13(16-12)10-2-4-11(14)5-3-10/h2-7H,8H2,1H3. The fourth-order valence-electron chi connectivity index (χ4n) is 1.49. The van der Waals surface area contributed by atoms with E-state index in [2.05, 4.69) is 22.6 Å². The quantitative estimate of drug-likeness (QED) is 0.806. The van der Waals surface area contributed by atoms with Crippen LogP contribution in [0.3, 0.4) is 0 Å². The summed E-state index contributed by atoms with van der Waals surface area (Å²) in [6.07, 6.45) is 0.365. The highest BCUT2D eigenvalue weighted by Gasteiger charge is 2.06. The summed E-state index contributed by atoms with van der Waals surface area (Å²) in [6.45, 7) is 1.56. The van der Waals surface area contributed by atoms with Gasteiger partial charge in [0.15, 0.2) is 0 Å². The predicted molar refractivity (Wildman–Crippen MR) is 71.2 cm³/mol. The molecule has 2 aromatic rings. The van der Waals surface area contributed by atoms with Crippen molar-refractivity contribution >= 4 is 28.4 Å². The van der Waals surface area contributed by atoms with Crippen LogP contribution in [0.25, 0.3) is 11.3 Å². The van der Waals surface area contributed by atoms with Crippen LogP contribution >= 0.6 is 22.6 Å². The minimum atomic E-state index is 0.114. The van der Waals surface area contributed by atoms with Crippen LogP contribution in [0.4, 0.5) is 0 Å². The molecule has 3 heteroatoms. The molecule has 0 aliphatic carbocycles. The highest BCUT2D eigenvalue weighted by Crippen LogP contribution is 2.23. The van der Waals surface area contributed by atoms with Crippen LogP contribution in [0, 0.1) is 3.57 Å². The van der Waals surface area contributed by atoms with Gasteiger partial charge in [0, 0.05) is 9.13 Å². The van der Waals surface area contributed by atoms with Gasteiger partial charge in [-0.3, -0.25) is 4.79 Å². The van der Waals surface area contributed by atoms with Crippen molar-refractivity contribution in [1.82, 2.24) is 0 Å². The largest absolute Gasteiger partial charge is 0.461 e. The average molecular weight is 326 g/mol. The lowest BCUT2D eigenvalue weighted by molar-refractivity contribution is -0.116. The molecule has 16 heavy (non-hydrogen) atoms. The molecule has 82 valence electrons. The summed E-state index contributed by atoms with van der Waals surface area (Å²) in [4.78, 5) is 10.9. The molecule has 1 aromatic carbocycles. The third kappa shape index (κ3) is 2.72. The van der Waals surface area contributed by atoms with Crippen molar-refractivity contribution in [3.8, 4) is 11.3 Å². The number of carbonyl (C=O) groups excluding carboxylic acids is 1. The van der Waals surface area contributed by atoms with E-state index in [0.717, 1.165) is 17.1 Å². The third-order valence-corrected chi connectivity index (χ3v) is 2.93. The van der Waals surface area contributed by atoms with Gasteiger partial charge in [0.05, 0.1) is 6.42 Å². The Bertz CT molecular complexity index is 497. The lowest BCUT2D eigenvalue weighted by Crippen LogP contribution is -1.93. The molecule has 0 bridgehead atoms. The zero-order chi connectivity index (χ0) is 11.5. The molecule has 0 saturated carbocycles. The number of benzene rings is 1. The summed E-state index contributed by atoms with van der Waals surface area (Å²) >= 11 is 2.26. The van der Waals surface area contributed by atoms with Crippen LogP contribution in [0.1, 0.15) is 12.7 Å². The van der Waals surface area contributed by atoms with Crippen LogP contribution in [0.5, 0.6) is 0 Å². The van der Waals surface area contributed by atoms with Crippen molar-refractivity contribution in [3.05, 3.63) is 45.7 Å². The van der Waals surface area contributed by atoms with E-state index in [0.29, 0.717) is 6.42 Å². The second-order valence-electron chi connectivity index (χ2n) is 3.65. The topological polar surface area (TPSA) is 30.2 Å². The molecule has 2 rings (SSSR count). The second kappa shape index (κ2) is 4.82. The molecular weight excluding hydrogens is 315 g/mol. The van der Waals surface area contributed by atoms with E-state index in [1.807, 2.05) is 36.4 Å². The molecule has 0 fully saturated rings. The summed E-state index contributed by atoms with van der Waals surface area (Å²) in [5.41, 5.74) is 1.04. The first-order chi connectivity index (χ1) is 7.65. The van der Waals surface area contributed by atoms with Crippen LogP contribution in [-0.4, -0.2) is 5.78 Å². The molecule has 0 saturated heterocycles. The van der Waals surface area contributed by atoms with E-state index in [1.54, 1.807) is 6.92 Å². The molecule has 0 aliphatic rings. The number of carbonyl (C=O) groups is 1. The first-order valence-electron chi connectivity index (χ1n) is 4.99. The minimum Gasteiger partial charge on any atom is -0.461 e. The highest BCUT2D eigenvalue weighted by atomic mass is 127. The zero-order valence-electron chi connectivity index (χ0n) is 8.87. The Morgan fingerprint density at radius 2 is 1.88 bits per heavy atom. The molecule has 1 aromatic heterocycles. The number of Topliss-reactive ketones (excluding diaryl/α,β-unsaturated/α-hetero) is 1. The summed E-state index contributed by atoms with van der Waals surface area (Å²) in [7, 11) is 0. The Balaban J connectivity index is 2.24. The molecular formula is C13H11IO2. The normalized spacial score (nSPS) is 10.4. The fraction of sp³-hybridized carbons (Fsp3) is 0.154. The summed E-state index contributed by atoms with van der Waals surface area (Å²) in [6, 6.07) is 11.8. The molecule has 2 nitrogen and oxygen atoms in total. The molecule has 0 radical (unpaired) electrons. The maximum Gasteiger partial charge on any atom is 0.137 e. The Kier molecular flexibility index (Phi) is 3.43. The van der Waals surface area contributed by atoms with Crippen LogP contribution in [0.2, 0.25) is 0 Å². The smallest absolute Gasteiger partial charge is 0.137 e. The first kappa shape index (κ1) is 11.4. The number of ketones is 1. The van der Waals surface area contributed by atoms with E-state index in [-0.39, 0.29) is 5.78 Å². The Labute approximate surface area is 108 Å². The van der Waals surface area contributed by atoms with Gasteiger partial charge in [0.1, 0.15) is 17.3 Å². The lowest BCUT2D eigenvalue weighted by atomic mass is 10.2. The molecule has 0 spiro atoms. The van der Waals surface area contributed by atoms with Crippen molar-refractivity contribution < 1.29 is 9.21 Å². The summed E-state index contributed by atoms with van der Waals surface area (Å²) in [5.74, 6) is 1.65. The molecule has 0 unspecified atom stereocenters. The monoisotopic (exact) mass is 326 g/mol. The van der Waals surface area contributed by atoms with E-state index >= 15 is 0 Å². The van der Waals surface area contributed by atoms with E-state index < -0.39 is 0 Å². The third-order valence-electron chi connectivity index (χ3n) is 2.21. The molecule has 0 atom stereocenters. The summed E-state index contributed by atoms with van der Waals surface area (Å²) < 4.78 is 6.79. The molecule has 1 heterocycles. The number of halogens is 1. The van der Waals surface area contributed by atoms with Gasteiger partial charge in [0.2, 0.25) is 0 Å². The lowest BCUT2D eigenvalue weighted by Gasteiger charge is -1.97. The van der Waals surface area contributed by atoms with Crippen molar-refractivity contribution in [2.45, 2.75) is 13.3 Å². The van der Waals surface area contributed by atoms with E-state index in [9.17, 15) is 4.79 Å². The number of hydrogen-bond donors (Lipinski definition) is 0. The van der Waals surface area contributed by atoms with Crippen LogP contribution < -0.4 is 0 Å². The van der Waals surface area contributed by atoms with Crippen LogP contribution in [0.15, 0.2) is 40.8 Å². The van der Waals surface area contributed by atoms with Gasteiger partial charge in [0.25, 0.3) is 0 Å². The van der Waals surface area contributed by atoms with Gasteiger partial charge in [-0.25, -0.2) is 0 Å². The number of furan rings is 1. The van der Waals surface area contributed by atoms with Gasteiger partial charge in [-0.2, -0.15) is 0 Å². The number of hydrogen-bond acceptors (Lipinski definition) is 2. The van der Waals surface area contributed by atoms with Crippen molar-refractivity contribution in [1.29, 1.82) is 0 Å². The van der Waals surface area contributed by atoms with Gasteiger partial charge < -0.3 is 4.42 Å². The van der Waals surface area contributed by atoms with Gasteiger partial charge in [-0.15, -0.1) is 0 Å². The van der Waals surface area contributed by atoms with E-state index in [1.165, 1.54) is 3.57 Å². The SMILES string of the molecule is CC(=O)Cc1ccc(-c2ccc(I)cc2)o1. The predicted octanol–water partition coefficient (Wildman–Crippen LogP) is 3.68. The highest BCUT2D eigenvalue weighted by molar-refractivity contribution is 14.1. The second-order valence-corrected chi connectivity index (χ2v) is 4.90. The minimum absolute atomic E-state index is 0.114. The van der Waals surface area contributed by atoms with Gasteiger partial charge in [-0.05, 0) is 53.8 Å². The Morgan fingerprint density at radius 3 is 2.50 bits per heavy atom. The Hall–Kier alpha value is -1.10. The van der Waals surface area contributed by atoms with Crippen molar-refractivity contribution in [3.63, 3.8) is 0 Å². The van der Waals surface area contributed by atoms with Crippen molar-refractivity contribution in [2.75, 3.05) is 0 Å². The first-order valence-corrected chi connectivity index (χ1v) is 6.07. The van der Waals surface area contributed by atoms with E-state index in [4.69, 9.17) is 4.42 Å². The summed E-state index contributed by atoms with van der Waals surface area (Å²) in [5, 5.41) is 0.